The van der Waals surface area contributed by atoms with E-state index in [9.17, 15) is 19.5 Å². The van der Waals surface area contributed by atoms with Crippen molar-refractivity contribution >= 4 is 18.0 Å². The van der Waals surface area contributed by atoms with Gasteiger partial charge in [-0.3, -0.25) is 4.79 Å². The van der Waals surface area contributed by atoms with Gasteiger partial charge in [0.15, 0.2) is 11.9 Å². The molecule has 0 saturated carbocycles. The minimum Gasteiger partial charge on any atom is -0.481 e. The molecule has 0 spiro atoms. The lowest BCUT2D eigenvalue weighted by atomic mass is 10.1. The molecule has 0 aromatic carbocycles. The van der Waals surface area contributed by atoms with E-state index in [1.54, 1.807) is 0 Å². The number of aliphatic hydroxyl groups excluding tert-OH is 1. The topological polar surface area (TPSA) is 227 Å². The Hall–Kier alpha value is -2.77. The number of rotatable bonds is 12. The van der Waals surface area contributed by atoms with Crippen molar-refractivity contribution in [2.75, 3.05) is 6.54 Å². The normalized spacial score (nSPS) is 15.3. The van der Waals surface area contributed by atoms with Gasteiger partial charge < -0.3 is 41.9 Å². The van der Waals surface area contributed by atoms with Crippen LogP contribution < -0.4 is 22.1 Å². The monoisotopic (exact) mass is 402 g/mol. The summed E-state index contributed by atoms with van der Waals surface area (Å²) in [5, 5.41) is 35.4. The Labute approximate surface area is 160 Å². The summed E-state index contributed by atoms with van der Waals surface area (Å²) in [4.78, 5) is 38.2. The van der Waals surface area contributed by atoms with E-state index in [4.69, 9.17) is 26.2 Å². The third-order valence-corrected chi connectivity index (χ3v) is 3.78. The van der Waals surface area contributed by atoms with Crippen molar-refractivity contribution in [3.05, 3.63) is 11.7 Å². The van der Waals surface area contributed by atoms with E-state index in [1.807, 2.05) is 5.32 Å². The summed E-state index contributed by atoms with van der Waals surface area (Å²) in [5.41, 5.74) is 11.4. The van der Waals surface area contributed by atoms with Crippen molar-refractivity contribution < 1.29 is 34.2 Å². The molecular formula is C15H26N6O7. The van der Waals surface area contributed by atoms with Gasteiger partial charge in [-0.05, 0) is 26.3 Å². The first-order chi connectivity index (χ1) is 13.1. The molecule has 1 rings (SSSR count). The molecule has 1 aromatic heterocycles. The molecule has 1 heterocycles. The fourth-order valence-corrected chi connectivity index (χ4v) is 2.28. The molecule has 28 heavy (non-hydrogen) atoms. The number of amides is 2. The van der Waals surface area contributed by atoms with Crippen molar-refractivity contribution in [2.24, 2.45) is 11.5 Å². The minimum atomic E-state index is -1.58. The average molecular weight is 402 g/mol. The van der Waals surface area contributed by atoms with Crippen molar-refractivity contribution in [1.29, 1.82) is 0 Å². The van der Waals surface area contributed by atoms with E-state index in [0.717, 1.165) is 12.8 Å². The smallest absolute Gasteiger partial charge is 0.328 e. The number of nitrogens with one attached hydrogen (secondary N) is 2. The van der Waals surface area contributed by atoms with E-state index in [-0.39, 0.29) is 11.7 Å². The molecular weight excluding hydrogens is 376 g/mol. The number of hydrogen-bond acceptors (Lipinski definition) is 9. The molecule has 0 saturated heterocycles. The van der Waals surface area contributed by atoms with E-state index in [0.29, 0.717) is 13.0 Å². The predicted octanol–water partition coefficient (Wildman–Crippen LogP) is -1.15. The molecule has 13 nitrogen and oxygen atoms in total. The number of urea groups is 1. The van der Waals surface area contributed by atoms with Gasteiger partial charge in [-0.15, -0.1) is 0 Å². The van der Waals surface area contributed by atoms with Crippen LogP contribution in [-0.4, -0.2) is 62.1 Å². The van der Waals surface area contributed by atoms with Gasteiger partial charge in [-0.25, -0.2) is 9.59 Å². The number of carboxylic acid groups (broad SMARTS) is 2. The quantitative estimate of drug-likeness (QED) is 0.206. The van der Waals surface area contributed by atoms with Crippen LogP contribution in [0.25, 0.3) is 0 Å². The van der Waals surface area contributed by atoms with Crippen LogP contribution in [0.2, 0.25) is 0 Å². The molecule has 0 bridgehead atoms. The number of hydrogen-bond donors (Lipinski definition) is 7. The highest BCUT2D eigenvalue weighted by atomic mass is 16.5. The van der Waals surface area contributed by atoms with Crippen LogP contribution in [0.5, 0.6) is 0 Å². The molecule has 2 amide bonds. The van der Waals surface area contributed by atoms with E-state index in [2.05, 4.69) is 15.5 Å². The van der Waals surface area contributed by atoms with Crippen LogP contribution in [0, 0.1) is 0 Å². The van der Waals surface area contributed by atoms with Gasteiger partial charge in [0.2, 0.25) is 5.89 Å². The SMILES string of the molecule is CC(O)[C@H](NC(=O)N[C@@H](CC(=O)O)c1nc([C@@H](N)CCCCN)no1)C(=O)O. The summed E-state index contributed by atoms with van der Waals surface area (Å²) in [5.74, 6) is -2.76. The zero-order chi connectivity index (χ0) is 21.3. The number of aliphatic hydroxyl groups is 1. The van der Waals surface area contributed by atoms with E-state index < -0.39 is 48.6 Å². The predicted molar refractivity (Wildman–Crippen MR) is 93.9 cm³/mol. The summed E-state index contributed by atoms with van der Waals surface area (Å²) in [7, 11) is 0. The fraction of sp³-hybridized carbons (Fsp3) is 0.667. The molecule has 0 aliphatic carbocycles. The number of carboxylic acids is 2. The van der Waals surface area contributed by atoms with Crippen molar-refractivity contribution in [3.63, 3.8) is 0 Å². The van der Waals surface area contributed by atoms with Crippen molar-refractivity contribution in [2.45, 2.75) is 56.8 Å². The van der Waals surface area contributed by atoms with E-state index in [1.165, 1.54) is 6.92 Å². The Morgan fingerprint density at radius 2 is 1.89 bits per heavy atom. The number of carbonyl (C=O) groups excluding carboxylic acids is 1. The van der Waals surface area contributed by atoms with Gasteiger partial charge in [0.25, 0.3) is 0 Å². The highest BCUT2D eigenvalue weighted by Crippen LogP contribution is 2.19. The Morgan fingerprint density at radius 3 is 2.43 bits per heavy atom. The average Bonchev–Trinajstić information content (AvgIpc) is 3.08. The van der Waals surface area contributed by atoms with Gasteiger partial charge >= 0.3 is 18.0 Å². The maximum atomic E-state index is 12.0. The van der Waals surface area contributed by atoms with Gasteiger partial charge in [0.1, 0.15) is 6.04 Å². The largest absolute Gasteiger partial charge is 0.481 e. The highest BCUT2D eigenvalue weighted by molar-refractivity contribution is 5.83. The fourth-order valence-electron chi connectivity index (χ4n) is 2.28. The van der Waals surface area contributed by atoms with E-state index >= 15 is 0 Å². The van der Waals surface area contributed by atoms with Gasteiger partial charge in [0, 0.05) is 0 Å². The van der Waals surface area contributed by atoms with Crippen LogP contribution in [0.15, 0.2) is 4.52 Å². The number of carbonyl (C=O) groups is 3. The maximum absolute atomic E-state index is 12.0. The molecule has 0 aliphatic rings. The second kappa shape index (κ2) is 11.2. The van der Waals surface area contributed by atoms with Crippen LogP contribution in [0.1, 0.15) is 56.4 Å². The lowest BCUT2D eigenvalue weighted by Crippen LogP contribution is -2.51. The minimum absolute atomic E-state index is 0.150. The van der Waals surface area contributed by atoms with Crippen LogP contribution >= 0.6 is 0 Å². The van der Waals surface area contributed by atoms with Crippen molar-refractivity contribution in [3.8, 4) is 0 Å². The number of aromatic nitrogens is 2. The number of unbranched alkanes of at least 4 members (excludes halogenated alkanes) is 1. The highest BCUT2D eigenvalue weighted by Gasteiger charge is 2.29. The Morgan fingerprint density at radius 1 is 1.21 bits per heavy atom. The van der Waals surface area contributed by atoms with Gasteiger partial charge in [0.05, 0.1) is 18.6 Å². The molecule has 1 unspecified atom stereocenters. The summed E-state index contributed by atoms with van der Waals surface area (Å²) in [6.45, 7) is 1.71. The Balaban J connectivity index is 2.84. The Bertz CT molecular complexity index is 665. The Kier molecular flexibility index (Phi) is 9.27. The third kappa shape index (κ3) is 7.46. The van der Waals surface area contributed by atoms with Crippen LogP contribution in [0.4, 0.5) is 4.79 Å². The number of nitrogens with two attached hydrogens (primary N) is 2. The zero-order valence-electron chi connectivity index (χ0n) is 15.4. The lowest BCUT2D eigenvalue weighted by Gasteiger charge is -2.19. The van der Waals surface area contributed by atoms with Gasteiger partial charge in [-0.1, -0.05) is 11.6 Å². The van der Waals surface area contributed by atoms with Gasteiger partial charge in [-0.2, -0.15) is 4.98 Å². The molecule has 0 aliphatic heterocycles. The summed E-state index contributed by atoms with van der Waals surface area (Å²) in [6.07, 6.45) is 0.0984. The number of nitrogens with zero attached hydrogens (tertiary/aromatic N) is 2. The van der Waals surface area contributed by atoms with Crippen molar-refractivity contribution in [1.82, 2.24) is 20.8 Å². The van der Waals surface area contributed by atoms with Crippen LogP contribution in [0.3, 0.4) is 0 Å². The first kappa shape index (κ1) is 23.3. The summed E-state index contributed by atoms with van der Waals surface area (Å²) < 4.78 is 5.02. The maximum Gasteiger partial charge on any atom is 0.328 e. The summed E-state index contributed by atoms with van der Waals surface area (Å²) >= 11 is 0. The first-order valence-electron chi connectivity index (χ1n) is 8.64. The zero-order valence-corrected chi connectivity index (χ0v) is 15.4. The molecule has 1 aromatic rings. The molecule has 9 N–H and O–H groups in total. The third-order valence-electron chi connectivity index (χ3n) is 3.78. The number of aliphatic carboxylic acids is 2. The molecule has 0 fully saturated rings. The molecule has 13 heteroatoms. The van der Waals surface area contributed by atoms with Crippen LogP contribution in [-0.2, 0) is 9.59 Å². The first-order valence-corrected chi connectivity index (χ1v) is 8.64. The molecule has 4 atom stereocenters. The lowest BCUT2D eigenvalue weighted by molar-refractivity contribution is -0.142. The molecule has 158 valence electrons. The second-order valence-corrected chi connectivity index (χ2v) is 6.21. The molecule has 0 radical (unpaired) electrons. The second-order valence-electron chi connectivity index (χ2n) is 6.21. The summed E-state index contributed by atoms with van der Waals surface area (Å²) in [6, 6.07) is -4.38. The standard InChI is InChI=1S/C15H26N6O7/c1-7(22)11(14(25)26)19-15(27)18-9(6-10(23)24)13-20-12(21-28-13)8(17)4-2-3-5-16/h7-9,11,22H,2-6,16-17H2,1H3,(H,23,24)(H,25,26)(H2,18,19,27)/t7?,8-,9-,11-/m0/s1.